The largest absolute Gasteiger partial charge is 0.493 e. The van der Waals surface area contributed by atoms with Crippen LogP contribution in [0.25, 0.3) is 11.7 Å². The third-order valence-electron chi connectivity index (χ3n) is 3.79. The quantitative estimate of drug-likeness (QED) is 0.710. The van der Waals surface area contributed by atoms with Gasteiger partial charge in [-0.15, -0.1) is 0 Å². The summed E-state index contributed by atoms with van der Waals surface area (Å²) in [4.78, 5) is 16.5. The molecule has 0 aliphatic heterocycles. The van der Waals surface area contributed by atoms with Crippen molar-refractivity contribution in [3.63, 3.8) is 0 Å². The highest BCUT2D eigenvalue weighted by atomic mass is 16.5. The van der Waals surface area contributed by atoms with Crippen molar-refractivity contribution in [2.45, 2.75) is 13.5 Å². The van der Waals surface area contributed by atoms with Crippen molar-refractivity contribution < 1.29 is 14.3 Å². The van der Waals surface area contributed by atoms with Gasteiger partial charge >= 0.3 is 0 Å². The van der Waals surface area contributed by atoms with Crippen molar-refractivity contribution in [3.8, 4) is 11.5 Å². The number of allylic oxidation sites excluding steroid dienone is 1. The third kappa shape index (κ3) is 4.22. The van der Waals surface area contributed by atoms with Crippen molar-refractivity contribution in [2.75, 3.05) is 13.7 Å². The lowest BCUT2D eigenvalue weighted by molar-refractivity contribution is -0.123. The second-order valence-corrected chi connectivity index (χ2v) is 5.67. The summed E-state index contributed by atoms with van der Waals surface area (Å²) in [7, 11) is 1.57. The topological polar surface area (TPSA) is 64.9 Å². The Hall–Kier alpha value is -3.28. The van der Waals surface area contributed by atoms with Crippen molar-refractivity contribution in [2.24, 2.45) is 0 Å². The van der Waals surface area contributed by atoms with Crippen LogP contribution in [-0.2, 0) is 11.3 Å². The van der Waals surface area contributed by atoms with Crippen LogP contribution in [0.5, 0.6) is 11.5 Å². The molecule has 0 aliphatic rings. The molecular formula is C20H21N3O3. The summed E-state index contributed by atoms with van der Waals surface area (Å²) < 4.78 is 12.8. The van der Waals surface area contributed by atoms with Gasteiger partial charge in [0.25, 0.3) is 5.91 Å². The fourth-order valence-electron chi connectivity index (χ4n) is 2.56. The zero-order valence-corrected chi connectivity index (χ0v) is 14.8. The zero-order chi connectivity index (χ0) is 18.4. The second-order valence-electron chi connectivity index (χ2n) is 5.67. The maximum Gasteiger partial charge on any atom is 0.258 e. The number of imidazole rings is 1. The van der Waals surface area contributed by atoms with E-state index in [2.05, 4.69) is 10.3 Å². The first-order valence-corrected chi connectivity index (χ1v) is 8.32. The smallest absolute Gasteiger partial charge is 0.258 e. The van der Waals surface area contributed by atoms with E-state index in [0.717, 1.165) is 16.9 Å². The number of carbonyl (C=O) groups is 1. The lowest BCUT2D eigenvalue weighted by Gasteiger charge is -2.11. The van der Waals surface area contributed by atoms with Gasteiger partial charge in [-0.2, -0.15) is 0 Å². The number of aromatic nitrogens is 2. The first-order chi connectivity index (χ1) is 12.7. The van der Waals surface area contributed by atoms with E-state index in [-0.39, 0.29) is 12.5 Å². The Morgan fingerprint density at radius 3 is 2.92 bits per heavy atom. The summed E-state index contributed by atoms with van der Waals surface area (Å²) in [5.74, 6) is 0.902. The normalized spacial score (nSPS) is 11.0. The molecule has 2 heterocycles. The van der Waals surface area contributed by atoms with Gasteiger partial charge in [-0.05, 0) is 36.8 Å². The van der Waals surface area contributed by atoms with Gasteiger partial charge in [0, 0.05) is 12.4 Å². The molecule has 0 aliphatic carbocycles. The molecule has 6 heteroatoms. The fourth-order valence-corrected chi connectivity index (χ4v) is 2.56. The van der Waals surface area contributed by atoms with Gasteiger partial charge in [-0.25, -0.2) is 4.98 Å². The number of hydrogen-bond donors (Lipinski definition) is 1. The van der Waals surface area contributed by atoms with Gasteiger partial charge in [0.05, 0.1) is 19.3 Å². The Bertz CT molecular complexity index is 898. The molecule has 0 bridgehead atoms. The van der Waals surface area contributed by atoms with Crippen LogP contribution in [0.3, 0.4) is 0 Å². The standard InChI is InChI=1S/C20H21N3O3/c1-3-6-15-8-9-17(18(11-15)25-2)26-14-20(24)21-12-16-13-23-10-5-4-7-19(23)22-16/h3-11,13H,12,14H2,1-2H3,(H,21,24). The number of nitrogens with one attached hydrogen (secondary N) is 1. The molecule has 1 amide bonds. The second kappa shape index (κ2) is 8.20. The van der Waals surface area contributed by atoms with Gasteiger partial charge < -0.3 is 19.2 Å². The molecule has 134 valence electrons. The number of fused-ring (bicyclic) bond motifs is 1. The van der Waals surface area contributed by atoms with E-state index < -0.39 is 0 Å². The lowest BCUT2D eigenvalue weighted by Crippen LogP contribution is -2.28. The molecule has 6 nitrogen and oxygen atoms in total. The van der Waals surface area contributed by atoms with Crippen LogP contribution in [0.15, 0.2) is 54.9 Å². The third-order valence-corrected chi connectivity index (χ3v) is 3.79. The van der Waals surface area contributed by atoms with E-state index in [9.17, 15) is 4.79 Å². The Balaban J connectivity index is 1.55. The minimum Gasteiger partial charge on any atom is -0.493 e. The molecule has 0 saturated heterocycles. The first kappa shape index (κ1) is 17.5. The number of nitrogens with zero attached hydrogens (tertiary/aromatic N) is 2. The van der Waals surface area contributed by atoms with Gasteiger partial charge in [-0.3, -0.25) is 4.79 Å². The molecule has 3 rings (SSSR count). The molecule has 26 heavy (non-hydrogen) atoms. The predicted molar refractivity (Wildman–Crippen MR) is 100 cm³/mol. The Morgan fingerprint density at radius 1 is 1.27 bits per heavy atom. The minimum atomic E-state index is -0.221. The number of amides is 1. The van der Waals surface area contributed by atoms with Gasteiger partial charge in [0.15, 0.2) is 18.1 Å². The Kier molecular flexibility index (Phi) is 5.53. The summed E-state index contributed by atoms with van der Waals surface area (Å²) in [6.07, 6.45) is 7.72. The number of ether oxygens (including phenoxy) is 2. The highest BCUT2D eigenvalue weighted by molar-refractivity contribution is 5.77. The molecule has 1 N–H and O–H groups in total. The average molecular weight is 351 g/mol. The molecule has 0 unspecified atom stereocenters. The van der Waals surface area contributed by atoms with E-state index in [1.165, 1.54) is 0 Å². The van der Waals surface area contributed by atoms with E-state index >= 15 is 0 Å². The maximum atomic E-state index is 12.1. The molecule has 3 aromatic rings. The SMILES string of the molecule is CC=Cc1ccc(OCC(=O)NCc2cn3ccccc3n2)c(OC)c1. The van der Waals surface area contributed by atoms with Gasteiger partial charge in [0.2, 0.25) is 0 Å². The van der Waals surface area contributed by atoms with Crippen molar-refractivity contribution >= 4 is 17.6 Å². The summed E-state index contributed by atoms with van der Waals surface area (Å²) >= 11 is 0. The van der Waals surface area contributed by atoms with Crippen LogP contribution in [0, 0.1) is 0 Å². The van der Waals surface area contributed by atoms with Crippen LogP contribution in [0.2, 0.25) is 0 Å². The number of rotatable bonds is 7. The van der Waals surface area contributed by atoms with Gasteiger partial charge in [0.1, 0.15) is 5.65 Å². The molecule has 0 saturated carbocycles. The van der Waals surface area contributed by atoms with E-state index in [0.29, 0.717) is 18.0 Å². The molecule has 0 fully saturated rings. The number of pyridine rings is 1. The molecule has 0 atom stereocenters. The summed E-state index contributed by atoms with van der Waals surface area (Å²) in [6, 6.07) is 11.3. The highest BCUT2D eigenvalue weighted by Crippen LogP contribution is 2.28. The molecular weight excluding hydrogens is 330 g/mol. The number of carbonyl (C=O) groups excluding carboxylic acids is 1. The first-order valence-electron chi connectivity index (χ1n) is 8.32. The summed E-state index contributed by atoms with van der Waals surface area (Å²) in [6.45, 7) is 2.21. The maximum absolute atomic E-state index is 12.1. The monoisotopic (exact) mass is 351 g/mol. The molecule has 0 spiro atoms. The van der Waals surface area contributed by atoms with Crippen LogP contribution in [-0.4, -0.2) is 29.0 Å². The Morgan fingerprint density at radius 2 is 2.15 bits per heavy atom. The summed E-state index contributed by atoms with van der Waals surface area (Å²) in [5.41, 5.74) is 2.64. The summed E-state index contributed by atoms with van der Waals surface area (Å²) in [5, 5.41) is 2.81. The van der Waals surface area contributed by atoms with Crippen LogP contribution >= 0.6 is 0 Å². The van der Waals surface area contributed by atoms with Crippen molar-refractivity contribution in [1.82, 2.24) is 14.7 Å². The molecule has 0 radical (unpaired) electrons. The van der Waals surface area contributed by atoms with Crippen LogP contribution < -0.4 is 14.8 Å². The number of hydrogen-bond acceptors (Lipinski definition) is 4. The number of benzene rings is 1. The minimum absolute atomic E-state index is 0.0906. The number of methoxy groups -OCH3 is 1. The van der Waals surface area contributed by atoms with Crippen molar-refractivity contribution in [3.05, 3.63) is 66.1 Å². The Labute approximate surface area is 152 Å². The van der Waals surface area contributed by atoms with E-state index in [1.54, 1.807) is 13.2 Å². The lowest BCUT2D eigenvalue weighted by atomic mass is 10.2. The van der Waals surface area contributed by atoms with E-state index in [4.69, 9.17) is 9.47 Å². The fraction of sp³-hybridized carbons (Fsp3) is 0.200. The van der Waals surface area contributed by atoms with Crippen LogP contribution in [0.4, 0.5) is 0 Å². The highest BCUT2D eigenvalue weighted by Gasteiger charge is 2.09. The zero-order valence-electron chi connectivity index (χ0n) is 14.8. The molecule has 1 aromatic carbocycles. The predicted octanol–water partition coefficient (Wildman–Crippen LogP) is 3.07. The van der Waals surface area contributed by atoms with Crippen LogP contribution in [0.1, 0.15) is 18.2 Å². The average Bonchev–Trinajstić information content (AvgIpc) is 3.08. The van der Waals surface area contributed by atoms with E-state index in [1.807, 2.05) is 66.2 Å². The molecule has 2 aromatic heterocycles. The van der Waals surface area contributed by atoms with Crippen molar-refractivity contribution in [1.29, 1.82) is 0 Å². The van der Waals surface area contributed by atoms with Gasteiger partial charge in [-0.1, -0.05) is 24.3 Å².